The van der Waals surface area contributed by atoms with Gasteiger partial charge in [0.25, 0.3) is 5.91 Å². The third kappa shape index (κ3) is 4.72. The lowest BCUT2D eigenvalue weighted by molar-refractivity contribution is 0.0945. The molecule has 0 unspecified atom stereocenters. The number of nitrogens with zero attached hydrogens (tertiary/aromatic N) is 2. The minimum Gasteiger partial charge on any atom is -0.493 e. The quantitative estimate of drug-likeness (QED) is 0.670. The number of nitrogens with one attached hydrogen (secondary N) is 2. The fourth-order valence-corrected chi connectivity index (χ4v) is 2.48. The molecular weight excluding hydrogens is 344 g/mol. The summed E-state index contributed by atoms with van der Waals surface area (Å²) >= 11 is 0. The fourth-order valence-electron chi connectivity index (χ4n) is 2.48. The van der Waals surface area contributed by atoms with Crippen molar-refractivity contribution in [1.82, 2.24) is 15.3 Å². The molecule has 3 aromatic rings. The molecule has 0 atom stereocenters. The number of hydrogen-bond donors (Lipinski definition) is 2. The van der Waals surface area contributed by atoms with Crippen LogP contribution in [0.1, 0.15) is 16.1 Å². The van der Waals surface area contributed by atoms with Crippen molar-refractivity contribution in [3.8, 4) is 11.5 Å². The highest BCUT2D eigenvalue weighted by Crippen LogP contribution is 2.27. The molecule has 3 rings (SSSR count). The molecule has 138 valence electrons. The Morgan fingerprint density at radius 2 is 1.74 bits per heavy atom. The van der Waals surface area contributed by atoms with Crippen molar-refractivity contribution < 1.29 is 14.3 Å². The average Bonchev–Trinajstić information content (AvgIpc) is 2.72. The number of ether oxygens (including phenoxy) is 2. The number of amides is 1. The Morgan fingerprint density at radius 3 is 2.48 bits per heavy atom. The second-order valence-electron chi connectivity index (χ2n) is 5.65. The molecule has 27 heavy (non-hydrogen) atoms. The lowest BCUT2D eigenvalue weighted by atomic mass is 10.2. The number of anilines is 2. The zero-order valence-electron chi connectivity index (χ0n) is 15.1. The van der Waals surface area contributed by atoms with E-state index in [-0.39, 0.29) is 11.6 Å². The zero-order chi connectivity index (χ0) is 19.1. The Morgan fingerprint density at radius 1 is 0.963 bits per heavy atom. The van der Waals surface area contributed by atoms with E-state index in [1.807, 2.05) is 42.5 Å². The van der Waals surface area contributed by atoms with Gasteiger partial charge in [0, 0.05) is 18.3 Å². The molecule has 2 aromatic carbocycles. The van der Waals surface area contributed by atoms with Gasteiger partial charge < -0.3 is 20.1 Å². The van der Waals surface area contributed by atoms with Gasteiger partial charge >= 0.3 is 0 Å². The van der Waals surface area contributed by atoms with Crippen LogP contribution in [0.25, 0.3) is 0 Å². The number of carbonyl (C=O) groups excluding carboxylic acids is 1. The van der Waals surface area contributed by atoms with E-state index in [0.29, 0.717) is 23.9 Å². The van der Waals surface area contributed by atoms with Gasteiger partial charge in [-0.15, -0.1) is 0 Å². The number of para-hydroxylation sites is 1. The van der Waals surface area contributed by atoms with E-state index >= 15 is 0 Å². The molecule has 0 aliphatic carbocycles. The molecule has 0 spiro atoms. The molecule has 0 aliphatic rings. The standard InChI is InChI=1S/C20H20N4O3/c1-26-17-9-8-14(10-18(17)27-2)12-21-20(25)16-11-19(23-13-22-16)24-15-6-4-3-5-7-15/h3-11,13H,12H2,1-2H3,(H,21,25)(H,22,23,24). The number of methoxy groups -OCH3 is 2. The molecule has 1 aromatic heterocycles. The van der Waals surface area contributed by atoms with Crippen molar-refractivity contribution in [3.05, 3.63) is 72.2 Å². The van der Waals surface area contributed by atoms with Crippen LogP contribution >= 0.6 is 0 Å². The van der Waals surface area contributed by atoms with E-state index in [9.17, 15) is 4.79 Å². The van der Waals surface area contributed by atoms with Crippen LogP contribution in [0.15, 0.2) is 60.9 Å². The molecule has 7 heteroatoms. The maximum absolute atomic E-state index is 12.4. The predicted octanol–water partition coefficient (Wildman–Crippen LogP) is 3.17. The van der Waals surface area contributed by atoms with Crippen LogP contribution < -0.4 is 20.1 Å². The van der Waals surface area contributed by atoms with E-state index in [0.717, 1.165) is 11.3 Å². The highest BCUT2D eigenvalue weighted by Gasteiger charge is 2.10. The molecule has 0 aliphatic heterocycles. The van der Waals surface area contributed by atoms with Gasteiger partial charge in [-0.3, -0.25) is 4.79 Å². The molecule has 7 nitrogen and oxygen atoms in total. The normalized spacial score (nSPS) is 10.1. The van der Waals surface area contributed by atoms with E-state index in [2.05, 4.69) is 20.6 Å². The Hall–Kier alpha value is -3.61. The van der Waals surface area contributed by atoms with Crippen LogP contribution in [-0.2, 0) is 6.54 Å². The Bertz CT molecular complexity index is 916. The largest absolute Gasteiger partial charge is 0.493 e. The van der Waals surface area contributed by atoms with E-state index in [1.54, 1.807) is 26.4 Å². The molecule has 0 bridgehead atoms. The predicted molar refractivity (Wildman–Crippen MR) is 102 cm³/mol. The van der Waals surface area contributed by atoms with Gasteiger partial charge in [0.05, 0.1) is 14.2 Å². The number of hydrogen-bond acceptors (Lipinski definition) is 6. The second kappa shape index (κ2) is 8.66. The summed E-state index contributed by atoms with van der Waals surface area (Å²) in [6.45, 7) is 0.338. The molecule has 1 heterocycles. The summed E-state index contributed by atoms with van der Waals surface area (Å²) < 4.78 is 10.5. The van der Waals surface area contributed by atoms with E-state index in [1.165, 1.54) is 6.33 Å². The summed E-state index contributed by atoms with van der Waals surface area (Å²) in [6.07, 6.45) is 1.36. The number of carbonyl (C=O) groups is 1. The van der Waals surface area contributed by atoms with Gasteiger partial charge in [-0.05, 0) is 29.8 Å². The number of rotatable bonds is 7. The average molecular weight is 364 g/mol. The summed E-state index contributed by atoms with van der Waals surface area (Å²) in [5.74, 6) is 1.51. The SMILES string of the molecule is COc1ccc(CNC(=O)c2cc(Nc3ccccc3)ncn2)cc1OC. The molecular formula is C20H20N4O3. The summed E-state index contributed by atoms with van der Waals surface area (Å²) in [6, 6.07) is 16.7. The lowest BCUT2D eigenvalue weighted by Crippen LogP contribution is -2.24. The highest BCUT2D eigenvalue weighted by molar-refractivity contribution is 5.92. The maximum Gasteiger partial charge on any atom is 0.270 e. The second-order valence-corrected chi connectivity index (χ2v) is 5.65. The van der Waals surface area contributed by atoms with Crippen LogP contribution in [-0.4, -0.2) is 30.1 Å². The molecule has 0 saturated heterocycles. The topological polar surface area (TPSA) is 85.4 Å². The Labute approximate surface area is 157 Å². The first kappa shape index (κ1) is 18.2. The first-order valence-electron chi connectivity index (χ1n) is 8.33. The van der Waals surface area contributed by atoms with E-state index < -0.39 is 0 Å². The van der Waals surface area contributed by atoms with Gasteiger partial charge in [0.15, 0.2) is 11.5 Å². The van der Waals surface area contributed by atoms with Gasteiger partial charge in [0.2, 0.25) is 0 Å². The van der Waals surface area contributed by atoms with Gasteiger partial charge in [-0.1, -0.05) is 24.3 Å². The van der Waals surface area contributed by atoms with Crippen molar-refractivity contribution in [2.75, 3.05) is 19.5 Å². The van der Waals surface area contributed by atoms with Crippen molar-refractivity contribution >= 4 is 17.4 Å². The summed E-state index contributed by atoms with van der Waals surface area (Å²) in [4.78, 5) is 20.6. The first-order chi connectivity index (χ1) is 13.2. The maximum atomic E-state index is 12.4. The minimum atomic E-state index is -0.289. The minimum absolute atomic E-state index is 0.281. The molecule has 0 fully saturated rings. The van der Waals surface area contributed by atoms with Crippen LogP contribution in [0.5, 0.6) is 11.5 Å². The number of benzene rings is 2. The number of aromatic nitrogens is 2. The summed E-state index contributed by atoms with van der Waals surface area (Å²) in [5.41, 5.74) is 2.05. The van der Waals surface area contributed by atoms with E-state index in [4.69, 9.17) is 9.47 Å². The van der Waals surface area contributed by atoms with Crippen LogP contribution in [0, 0.1) is 0 Å². The van der Waals surface area contributed by atoms with Crippen molar-refractivity contribution in [1.29, 1.82) is 0 Å². The van der Waals surface area contributed by atoms with Gasteiger partial charge in [0.1, 0.15) is 17.8 Å². The highest BCUT2D eigenvalue weighted by atomic mass is 16.5. The van der Waals surface area contributed by atoms with Crippen molar-refractivity contribution in [3.63, 3.8) is 0 Å². The zero-order valence-corrected chi connectivity index (χ0v) is 15.1. The third-order valence-corrected chi connectivity index (χ3v) is 3.85. The lowest BCUT2D eigenvalue weighted by Gasteiger charge is -2.10. The van der Waals surface area contributed by atoms with Crippen molar-refractivity contribution in [2.24, 2.45) is 0 Å². The van der Waals surface area contributed by atoms with Gasteiger partial charge in [-0.25, -0.2) is 9.97 Å². The Balaban J connectivity index is 1.65. The Kier molecular flexibility index (Phi) is 5.84. The van der Waals surface area contributed by atoms with Crippen LogP contribution in [0.4, 0.5) is 11.5 Å². The van der Waals surface area contributed by atoms with Crippen LogP contribution in [0.2, 0.25) is 0 Å². The van der Waals surface area contributed by atoms with Crippen LogP contribution in [0.3, 0.4) is 0 Å². The summed E-state index contributed by atoms with van der Waals surface area (Å²) in [5, 5.41) is 5.98. The molecule has 0 saturated carbocycles. The molecule has 0 radical (unpaired) electrons. The molecule has 1 amide bonds. The van der Waals surface area contributed by atoms with Crippen molar-refractivity contribution in [2.45, 2.75) is 6.54 Å². The van der Waals surface area contributed by atoms with Gasteiger partial charge in [-0.2, -0.15) is 0 Å². The third-order valence-electron chi connectivity index (χ3n) is 3.85. The smallest absolute Gasteiger partial charge is 0.270 e. The summed E-state index contributed by atoms with van der Waals surface area (Å²) in [7, 11) is 3.15. The molecule has 2 N–H and O–H groups in total. The first-order valence-corrected chi connectivity index (χ1v) is 8.33. The monoisotopic (exact) mass is 364 g/mol. The fraction of sp³-hybridized carbons (Fsp3) is 0.150.